The number of morpholine rings is 1. The zero-order valence-corrected chi connectivity index (χ0v) is 19.1. The Hall–Kier alpha value is -3.43. The number of hydrogen-bond acceptors (Lipinski definition) is 6. The molecule has 9 heteroatoms. The van der Waals surface area contributed by atoms with Crippen molar-refractivity contribution in [2.24, 2.45) is 0 Å². The van der Waals surface area contributed by atoms with E-state index in [1.807, 2.05) is 52.0 Å². The van der Waals surface area contributed by atoms with Crippen molar-refractivity contribution in [2.75, 3.05) is 59.0 Å². The highest BCUT2D eigenvalue weighted by molar-refractivity contribution is 5.94. The van der Waals surface area contributed by atoms with Gasteiger partial charge >= 0.3 is 0 Å². The quantitative estimate of drug-likeness (QED) is 0.552. The minimum Gasteiger partial charge on any atom is -0.487 e. The van der Waals surface area contributed by atoms with Gasteiger partial charge in [-0.3, -0.25) is 14.5 Å². The number of hydrogen-bond donors (Lipinski definition) is 0. The Labute approximate surface area is 198 Å². The molecule has 2 saturated heterocycles. The average Bonchev–Trinajstić information content (AvgIpc) is 3.31. The van der Waals surface area contributed by atoms with Gasteiger partial charge in [-0.25, -0.2) is 4.98 Å². The number of pyridine rings is 1. The van der Waals surface area contributed by atoms with Crippen LogP contribution in [0.25, 0.3) is 5.65 Å². The molecule has 2 fully saturated rings. The van der Waals surface area contributed by atoms with Crippen LogP contribution in [0.2, 0.25) is 0 Å². The number of carbonyl (C=O) groups is 2. The average molecular weight is 464 g/mol. The molecule has 0 unspecified atom stereocenters. The van der Waals surface area contributed by atoms with Crippen LogP contribution in [0.4, 0.5) is 0 Å². The molecule has 0 atom stereocenters. The third-order valence-corrected chi connectivity index (χ3v) is 6.26. The summed E-state index contributed by atoms with van der Waals surface area (Å²) in [5.41, 5.74) is 2.27. The predicted molar refractivity (Wildman–Crippen MR) is 126 cm³/mol. The number of imidazole rings is 1. The maximum Gasteiger partial charge on any atom is 0.254 e. The number of fused-ring (bicyclic) bond motifs is 1. The summed E-state index contributed by atoms with van der Waals surface area (Å²) in [6.07, 6.45) is 3.88. The summed E-state index contributed by atoms with van der Waals surface area (Å²) >= 11 is 0. The van der Waals surface area contributed by atoms with E-state index >= 15 is 0 Å². The van der Waals surface area contributed by atoms with Crippen molar-refractivity contribution in [2.45, 2.75) is 6.61 Å². The topological polar surface area (TPSA) is 79.6 Å². The number of piperazine rings is 1. The van der Waals surface area contributed by atoms with Gasteiger partial charge in [-0.1, -0.05) is 12.1 Å². The first-order valence-corrected chi connectivity index (χ1v) is 11.7. The Balaban J connectivity index is 1.13. The van der Waals surface area contributed by atoms with Crippen LogP contribution in [0.1, 0.15) is 16.1 Å². The van der Waals surface area contributed by atoms with E-state index in [0.29, 0.717) is 63.9 Å². The summed E-state index contributed by atoms with van der Waals surface area (Å²) in [5.74, 6) is 0.706. The molecule has 4 heterocycles. The van der Waals surface area contributed by atoms with Gasteiger partial charge in [-0.15, -0.1) is 0 Å². The van der Waals surface area contributed by atoms with Crippen LogP contribution in [-0.4, -0.2) is 94.9 Å². The van der Waals surface area contributed by atoms with Crippen LogP contribution in [0.15, 0.2) is 54.9 Å². The molecule has 2 amide bonds. The molecule has 9 nitrogen and oxygen atoms in total. The number of ether oxygens (including phenoxy) is 2. The van der Waals surface area contributed by atoms with Gasteiger partial charge in [0, 0.05) is 57.2 Å². The van der Waals surface area contributed by atoms with Gasteiger partial charge in [0.2, 0.25) is 5.91 Å². The number of amides is 2. The fourth-order valence-electron chi connectivity index (χ4n) is 4.33. The molecule has 3 aromatic rings. The minimum atomic E-state index is -0.0431. The van der Waals surface area contributed by atoms with Crippen molar-refractivity contribution >= 4 is 17.5 Å². The van der Waals surface area contributed by atoms with E-state index in [-0.39, 0.29) is 11.8 Å². The lowest BCUT2D eigenvalue weighted by Gasteiger charge is -2.36. The van der Waals surface area contributed by atoms with Crippen molar-refractivity contribution in [3.05, 3.63) is 66.1 Å². The Kier molecular flexibility index (Phi) is 6.73. The van der Waals surface area contributed by atoms with Crippen LogP contribution in [0.3, 0.4) is 0 Å². The SMILES string of the molecule is O=C(CN1CCOCC1)N1CCN(C(=O)c2cccc(OCc3cn4ccccc4n3)c2)CC1. The minimum absolute atomic E-state index is 0.0431. The van der Waals surface area contributed by atoms with Crippen LogP contribution in [0.5, 0.6) is 5.75 Å². The second-order valence-corrected chi connectivity index (χ2v) is 8.58. The van der Waals surface area contributed by atoms with Crippen molar-refractivity contribution in [3.8, 4) is 5.75 Å². The summed E-state index contributed by atoms with van der Waals surface area (Å²) in [6, 6.07) is 13.1. The van der Waals surface area contributed by atoms with Gasteiger partial charge in [0.25, 0.3) is 5.91 Å². The number of benzene rings is 1. The smallest absolute Gasteiger partial charge is 0.254 e. The standard InChI is InChI=1S/C25H29N5O4/c31-24(18-27-12-14-33-15-13-27)28-8-10-29(11-9-28)25(32)20-4-3-5-22(16-20)34-19-21-17-30-7-2-1-6-23(30)26-21/h1-7,16-17H,8-15,18-19H2. The zero-order valence-electron chi connectivity index (χ0n) is 19.1. The molecule has 0 spiro atoms. The summed E-state index contributed by atoms with van der Waals surface area (Å²) in [5, 5.41) is 0. The fourth-order valence-corrected chi connectivity index (χ4v) is 4.33. The highest BCUT2D eigenvalue weighted by atomic mass is 16.5. The molecule has 1 aromatic carbocycles. The monoisotopic (exact) mass is 463 g/mol. The second-order valence-electron chi connectivity index (χ2n) is 8.58. The molecular formula is C25H29N5O4. The molecule has 0 aliphatic carbocycles. The zero-order chi connectivity index (χ0) is 23.3. The molecular weight excluding hydrogens is 434 g/mol. The summed E-state index contributed by atoms with van der Waals surface area (Å²) < 4.78 is 13.2. The molecule has 34 heavy (non-hydrogen) atoms. The molecule has 0 bridgehead atoms. The first-order valence-electron chi connectivity index (χ1n) is 11.7. The van der Waals surface area contributed by atoms with Crippen molar-refractivity contribution in [3.63, 3.8) is 0 Å². The summed E-state index contributed by atoms with van der Waals surface area (Å²) in [7, 11) is 0. The molecule has 5 rings (SSSR count). The molecule has 0 radical (unpaired) electrons. The van der Waals surface area contributed by atoms with E-state index in [0.717, 1.165) is 24.4 Å². The fraction of sp³-hybridized carbons (Fsp3) is 0.400. The summed E-state index contributed by atoms with van der Waals surface area (Å²) in [4.78, 5) is 36.0. The van der Waals surface area contributed by atoms with Gasteiger partial charge in [0.05, 0.1) is 25.5 Å². The van der Waals surface area contributed by atoms with E-state index in [1.165, 1.54) is 0 Å². The third-order valence-electron chi connectivity index (χ3n) is 6.26. The van der Waals surface area contributed by atoms with Crippen LogP contribution in [-0.2, 0) is 16.1 Å². The Morgan fingerprint density at radius 3 is 2.53 bits per heavy atom. The van der Waals surface area contributed by atoms with E-state index in [4.69, 9.17) is 9.47 Å². The molecule has 0 saturated carbocycles. The van der Waals surface area contributed by atoms with Crippen LogP contribution in [0, 0.1) is 0 Å². The number of nitrogens with zero attached hydrogens (tertiary/aromatic N) is 5. The van der Waals surface area contributed by atoms with Gasteiger partial charge < -0.3 is 23.7 Å². The van der Waals surface area contributed by atoms with Gasteiger partial charge in [-0.2, -0.15) is 0 Å². The number of rotatable bonds is 6. The highest BCUT2D eigenvalue weighted by Crippen LogP contribution is 2.18. The number of carbonyl (C=O) groups excluding carboxylic acids is 2. The normalized spacial score (nSPS) is 17.2. The second kappa shape index (κ2) is 10.2. The number of aromatic nitrogens is 2. The predicted octanol–water partition coefficient (Wildman–Crippen LogP) is 1.53. The maximum absolute atomic E-state index is 13.1. The van der Waals surface area contributed by atoms with E-state index in [1.54, 1.807) is 17.0 Å². The van der Waals surface area contributed by atoms with Crippen molar-refractivity contribution in [1.29, 1.82) is 0 Å². The van der Waals surface area contributed by atoms with Gasteiger partial charge in [0.15, 0.2) is 0 Å². The highest BCUT2D eigenvalue weighted by Gasteiger charge is 2.26. The van der Waals surface area contributed by atoms with Gasteiger partial charge in [-0.05, 0) is 30.3 Å². The molecule has 2 aliphatic heterocycles. The van der Waals surface area contributed by atoms with Crippen molar-refractivity contribution in [1.82, 2.24) is 24.1 Å². The molecule has 2 aliphatic rings. The van der Waals surface area contributed by atoms with Crippen LogP contribution >= 0.6 is 0 Å². The first kappa shape index (κ1) is 22.4. The third kappa shape index (κ3) is 5.21. The maximum atomic E-state index is 13.1. The molecule has 178 valence electrons. The largest absolute Gasteiger partial charge is 0.487 e. The van der Waals surface area contributed by atoms with E-state index < -0.39 is 0 Å². The lowest BCUT2D eigenvalue weighted by atomic mass is 10.1. The molecule has 0 N–H and O–H groups in total. The first-order chi connectivity index (χ1) is 16.7. The Morgan fingerprint density at radius 2 is 1.74 bits per heavy atom. The van der Waals surface area contributed by atoms with Crippen molar-refractivity contribution < 1.29 is 19.1 Å². The Morgan fingerprint density at radius 1 is 0.941 bits per heavy atom. The lowest BCUT2D eigenvalue weighted by molar-refractivity contribution is -0.134. The van der Waals surface area contributed by atoms with E-state index in [9.17, 15) is 9.59 Å². The molecule has 2 aromatic heterocycles. The van der Waals surface area contributed by atoms with Gasteiger partial charge in [0.1, 0.15) is 18.0 Å². The Bertz CT molecular complexity index is 1120. The van der Waals surface area contributed by atoms with Crippen LogP contribution < -0.4 is 4.74 Å². The summed E-state index contributed by atoms with van der Waals surface area (Å²) in [6.45, 7) is 5.85. The lowest BCUT2D eigenvalue weighted by Crippen LogP contribution is -2.53. The van der Waals surface area contributed by atoms with E-state index in [2.05, 4.69) is 9.88 Å².